The molecule has 0 aromatic heterocycles. The lowest BCUT2D eigenvalue weighted by molar-refractivity contribution is -0.931. The monoisotopic (exact) mass is 414 g/mol. The van der Waals surface area contributed by atoms with Crippen molar-refractivity contribution in [2.24, 2.45) is 0 Å². The zero-order chi connectivity index (χ0) is 20.9. The molecule has 6 nitrogen and oxygen atoms in total. The number of hydrogen-bond acceptors (Lipinski definition) is 4. The van der Waals surface area contributed by atoms with Crippen molar-refractivity contribution < 1.29 is 23.6 Å². The molecule has 2 heterocycles. The van der Waals surface area contributed by atoms with Gasteiger partial charge in [-0.15, -0.1) is 0 Å². The molecule has 160 valence electrons. The van der Waals surface area contributed by atoms with E-state index in [2.05, 4.69) is 16.3 Å². The van der Waals surface area contributed by atoms with Crippen LogP contribution in [0.15, 0.2) is 42.5 Å². The highest BCUT2D eigenvalue weighted by atomic mass is 19.1. The molecular formula is C23H29FN3O3+. The van der Waals surface area contributed by atoms with Gasteiger partial charge in [0.25, 0.3) is 0 Å². The first-order valence-electron chi connectivity index (χ1n) is 10.7. The molecule has 1 atom stereocenters. The van der Waals surface area contributed by atoms with Crippen LogP contribution < -0.4 is 24.6 Å². The first-order chi connectivity index (χ1) is 14.7. The fraction of sp³-hybridized carbons (Fsp3) is 0.435. The van der Waals surface area contributed by atoms with Crippen molar-refractivity contribution in [2.75, 3.05) is 44.4 Å². The van der Waals surface area contributed by atoms with Gasteiger partial charge in [0.1, 0.15) is 11.9 Å². The number of benzene rings is 2. The van der Waals surface area contributed by atoms with Crippen molar-refractivity contribution in [3.05, 3.63) is 53.8 Å². The first-order valence-corrected chi connectivity index (χ1v) is 10.7. The molecule has 0 saturated carbocycles. The molecule has 1 saturated heterocycles. The molecule has 7 heteroatoms. The smallest absolute Gasteiger partial charge is 0.231 e. The Hall–Kier alpha value is -2.80. The third kappa shape index (κ3) is 4.51. The van der Waals surface area contributed by atoms with Crippen LogP contribution in [-0.4, -0.2) is 45.4 Å². The van der Waals surface area contributed by atoms with Gasteiger partial charge in [-0.1, -0.05) is 19.1 Å². The maximum absolute atomic E-state index is 14.2. The number of carbonyl (C=O) groups excluding carboxylic acids is 1. The van der Waals surface area contributed by atoms with Crippen molar-refractivity contribution >= 4 is 11.6 Å². The SMILES string of the molecule is CCCC(=O)NC[C@@H](c1ccc2c(c1)OCO2)[NH+]1CCN(c2ccccc2F)CC1. The quantitative estimate of drug-likeness (QED) is 0.727. The Morgan fingerprint density at radius 3 is 2.70 bits per heavy atom. The minimum absolute atomic E-state index is 0.0765. The molecule has 0 aliphatic carbocycles. The molecule has 2 aromatic rings. The zero-order valence-corrected chi connectivity index (χ0v) is 17.3. The summed E-state index contributed by atoms with van der Waals surface area (Å²) in [5.41, 5.74) is 1.78. The molecule has 2 aliphatic rings. The number of quaternary nitrogens is 1. The normalized spacial score (nSPS) is 17.1. The summed E-state index contributed by atoms with van der Waals surface area (Å²) in [6.45, 7) is 6.05. The molecule has 2 aromatic carbocycles. The summed E-state index contributed by atoms with van der Waals surface area (Å²) < 4.78 is 25.2. The number of rotatable bonds is 7. The number of para-hydroxylation sites is 1. The van der Waals surface area contributed by atoms with E-state index in [4.69, 9.17) is 9.47 Å². The number of carbonyl (C=O) groups is 1. The Labute approximate surface area is 176 Å². The molecule has 0 bridgehead atoms. The van der Waals surface area contributed by atoms with E-state index in [1.54, 1.807) is 6.07 Å². The van der Waals surface area contributed by atoms with Gasteiger partial charge in [0.2, 0.25) is 12.7 Å². The first kappa shape index (κ1) is 20.5. The fourth-order valence-electron chi connectivity index (χ4n) is 4.25. The van der Waals surface area contributed by atoms with Crippen LogP contribution >= 0.6 is 0 Å². The lowest BCUT2D eigenvalue weighted by atomic mass is 10.0. The van der Waals surface area contributed by atoms with Gasteiger partial charge in [0.05, 0.1) is 38.4 Å². The standard InChI is InChI=1S/C23H28FN3O3/c1-2-5-23(28)25-15-20(17-8-9-21-22(14-17)30-16-29-21)27-12-10-26(11-13-27)19-7-4-3-6-18(19)24/h3-4,6-9,14,20H,2,5,10-13,15-16H2,1H3,(H,25,28)/p+1/t20-/m0/s1. The molecule has 1 fully saturated rings. The molecule has 2 aliphatic heterocycles. The van der Waals surface area contributed by atoms with Crippen LogP contribution in [0.25, 0.3) is 0 Å². The minimum Gasteiger partial charge on any atom is -0.454 e. The molecule has 0 unspecified atom stereocenters. The zero-order valence-electron chi connectivity index (χ0n) is 17.3. The van der Waals surface area contributed by atoms with Gasteiger partial charge in [0.15, 0.2) is 11.5 Å². The minimum atomic E-state index is -0.180. The lowest BCUT2D eigenvalue weighted by Crippen LogP contribution is -3.15. The molecule has 4 rings (SSSR count). The summed E-state index contributed by atoms with van der Waals surface area (Å²) in [5, 5.41) is 3.09. The van der Waals surface area contributed by atoms with Crippen LogP contribution in [0.5, 0.6) is 11.5 Å². The van der Waals surface area contributed by atoms with Crippen LogP contribution in [-0.2, 0) is 4.79 Å². The van der Waals surface area contributed by atoms with Crippen LogP contribution in [0.4, 0.5) is 10.1 Å². The van der Waals surface area contributed by atoms with Crippen LogP contribution in [0.2, 0.25) is 0 Å². The number of ether oxygens (including phenoxy) is 2. The highest BCUT2D eigenvalue weighted by Gasteiger charge is 2.31. The Morgan fingerprint density at radius 2 is 1.93 bits per heavy atom. The molecule has 1 amide bonds. The highest BCUT2D eigenvalue weighted by molar-refractivity contribution is 5.75. The molecular weight excluding hydrogens is 385 g/mol. The fourth-order valence-corrected chi connectivity index (χ4v) is 4.25. The number of piperazine rings is 1. The summed E-state index contributed by atoms with van der Waals surface area (Å²) in [6.07, 6.45) is 1.36. The van der Waals surface area contributed by atoms with Gasteiger partial charge >= 0.3 is 0 Å². The van der Waals surface area contributed by atoms with E-state index in [0.717, 1.165) is 49.7 Å². The Bertz CT molecular complexity index is 884. The summed E-state index contributed by atoms with van der Waals surface area (Å²) in [6, 6.07) is 13.0. The third-order valence-electron chi connectivity index (χ3n) is 5.87. The predicted octanol–water partition coefficient (Wildman–Crippen LogP) is 1.92. The maximum Gasteiger partial charge on any atom is 0.231 e. The van der Waals surface area contributed by atoms with Gasteiger partial charge in [-0.05, 0) is 36.8 Å². The van der Waals surface area contributed by atoms with E-state index < -0.39 is 0 Å². The van der Waals surface area contributed by atoms with Crippen molar-refractivity contribution in [3.8, 4) is 11.5 Å². The Morgan fingerprint density at radius 1 is 1.17 bits per heavy atom. The van der Waals surface area contributed by atoms with E-state index in [9.17, 15) is 9.18 Å². The molecule has 0 spiro atoms. The van der Waals surface area contributed by atoms with E-state index in [1.165, 1.54) is 11.0 Å². The van der Waals surface area contributed by atoms with Crippen molar-refractivity contribution in [3.63, 3.8) is 0 Å². The number of hydrogen-bond donors (Lipinski definition) is 2. The van der Waals surface area contributed by atoms with Gasteiger partial charge in [0, 0.05) is 12.0 Å². The van der Waals surface area contributed by atoms with Crippen molar-refractivity contribution in [2.45, 2.75) is 25.8 Å². The number of halogens is 1. The van der Waals surface area contributed by atoms with Gasteiger partial charge in [-0.2, -0.15) is 0 Å². The van der Waals surface area contributed by atoms with E-state index >= 15 is 0 Å². The van der Waals surface area contributed by atoms with E-state index in [-0.39, 0.29) is 24.6 Å². The largest absolute Gasteiger partial charge is 0.454 e. The number of nitrogens with zero attached hydrogens (tertiary/aromatic N) is 1. The van der Waals surface area contributed by atoms with Gasteiger partial charge in [-0.3, -0.25) is 4.79 Å². The summed E-state index contributed by atoms with van der Waals surface area (Å²) >= 11 is 0. The maximum atomic E-state index is 14.2. The predicted molar refractivity (Wildman–Crippen MR) is 113 cm³/mol. The second-order valence-corrected chi connectivity index (χ2v) is 7.82. The third-order valence-corrected chi connectivity index (χ3v) is 5.87. The van der Waals surface area contributed by atoms with Crippen LogP contribution in [0.3, 0.4) is 0 Å². The number of fused-ring (bicyclic) bond motifs is 1. The van der Waals surface area contributed by atoms with Gasteiger partial charge < -0.3 is 24.6 Å². The Kier molecular flexibility index (Phi) is 6.38. The summed E-state index contributed by atoms with van der Waals surface area (Å²) in [7, 11) is 0. The average molecular weight is 415 g/mol. The second kappa shape index (κ2) is 9.34. The van der Waals surface area contributed by atoms with Crippen LogP contribution in [0.1, 0.15) is 31.4 Å². The van der Waals surface area contributed by atoms with Crippen molar-refractivity contribution in [1.29, 1.82) is 0 Å². The topological polar surface area (TPSA) is 55.2 Å². The van der Waals surface area contributed by atoms with Gasteiger partial charge in [-0.25, -0.2) is 4.39 Å². The second-order valence-electron chi connectivity index (χ2n) is 7.82. The van der Waals surface area contributed by atoms with E-state index in [1.807, 2.05) is 31.2 Å². The molecule has 2 N–H and O–H groups in total. The summed E-state index contributed by atoms with van der Waals surface area (Å²) in [5.74, 6) is 1.40. The average Bonchev–Trinajstić information content (AvgIpc) is 3.23. The number of nitrogens with one attached hydrogen (secondary N) is 2. The Balaban J connectivity index is 1.48. The number of amides is 1. The van der Waals surface area contributed by atoms with E-state index in [0.29, 0.717) is 18.7 Å². The lowest BCUT2D eigenvalue weighted by Gasteiger charge is -2.38. The number of anilines is 1. The van der Waals surface area contributed by atoms with Crippen LogP contribution in [0, 0.1) is 5.82 Å². The summed E-state index contributed by atoms with van der Waals surface area (Å²) in [4.78, 5) is 15.6. The highest BCUT2D eigenvalue weighted by Crippen LogP contribution is 2.33. The molecule has 0 radical (unpaired) electrons. The van der Waals surface area contributed by atoms with Crippen molar-refractivity contribution in [1.82, 2.24) is 5.32 Å². The molecule has 30 heavy (non-hydrogen) atoms.